The van der Waals surface area contributed by atoms with Crippen LogP contribution in [0.25, 0.3) is 10.8 Å². The summed E-state index contributed by atoms with van der Waals surface area (Å²) in [4.78, 5) is 11.7. The van der Waals surface area contributed by atoms with E-state index in [1.54, 1.807) is 0 Å². The molecule has 0 fully saturated rings. The maximum absolute atomic E-state index is 10.3. The first kappa shape index (κ1) is 26.3. The lowest BCUT2D eigenvalue weighted by atomic mass is 10.1. The van der Waals surface area contributed by atoms with Crippen molar-refractivity contribution in [2.45, 2.75) is 20.8 Å². The van der Waals surface area contributed by atoms with Crippen LogP contribution >= 0.6 is 0 Å². The molecule has 6 nitrogen and oxygen atoms in total. The molecule has 0 spiro atoms. The molecule has 0 saturated carbocycles. The average Bonchev–Trinajstić information content (AvgIpc) is 2.55. The standard InChI is InChI=1S/C10H8.C4H8O5S.C3H9N.C2H6/c1-2-6-10-8-4-3-7-9(10)5-1;1-2-9-4(5)3-10(6,7)8;1-4(2)3;1-2/h1-8H;2-3H2,1H3,(H,6,7,8);1-3H3;1-2H3. The average molecular weight is 386 g/mol. The fourth-order valence-electron chi connectivity index (χ4n) is 1.48. The van der Waals surface area contributed by atoms with Crippen LogP contribution < -0.4 is 4.90 Å². The van der Waals surface area contributed by atoms with Crippen molar-refractivity contribution in [3.63, 3.8) is 0 Å². The highest BCUT2D eigenvalue weighted by Gasteiger charge is 2.05. The normalized spacial score (nSPS) is 9.69. The summed E-state index contributed by atoms with van der Waals surface area (Å²) in [7, 11) is 1.78. The van der Waals surface area contributed by atoms with Gasteiger partial charge in [-0.25, -0.2) is 8.42 Å². The molecule has 0 radical (unpaired) electrons. The van der Waals surface area contributed by atoms with Gasteiger partial charge in [-0.3, -0.25) is 4.79 Å². The molecule has 7 heteroatoms. The summed E-state index contributed by atoms with van der Waals surface area (Å²) >= 11 is 0. The molecule has 0 aliphatic heterocycles. The summed E-state index contributed by atoms with van der Waals surface area (Å²) in [5, 5.41) is 2.62. The zero-order valence-electron chi connectivity index (χ0n) is 16.5. The first-order valence-corrected chi connectivity index (χ1v) is 10.0. The topological polar surface area (TPSA) is 87.9 Å². The number of quaternary nitrogens is 1. The molecule has 0 aliphatic carbocycles. The Bertz CT molecular complexity index is 646. The molecule has 0 unspecified atom stereocenters. The number of ether oxygens (including phenoxy) is 1. The van der Waals surface area contributed by atoms with Crippen LogP contribution in [-0.2, 0) is 19.6 Å². The number of rotatable bonds is 3. The predicted molar refractivity (Wildman–Crippen MR) is 105 cm³/mol. The van der Waals surface area contributed by atoms with Gasteiger partial charge in [0.05, 0.1) is 27.7 Å². The van der Waals surface area contributed by atoms with Gasteiger partial charge in [-0.05, 0) is 17.7 Å². The molecule has 1 N–H and O–H groups in total. The Kier molecular flexibility index (Phi) is 15.5. The highest BCUT2D eigenvalue weighted by molar-refractivity contribution is 7.86. The number of hydrogen-bond acceptors (Lipinski definition) is 5. The Labute approximate surface area is 157 Å². The van der Waals surface area contributed by atoms with E-state index in [0.29, 0.717) is 0 Å². The van der Waals surface area contributed by atoms with E-state index in [1.807, 2.05) is 13.8 Å². The Morgan fingerprint density at radius 1 is 0.962 bits per heavy atom. The maximum atomic E-state index is 10.3. The number of esters is 1. The van der Waals surface area contributed by atoms with Crippen molar-refractivity contribution in [3.05, 3.63) is 48.5 Å². The molecule has 0 atom stereocenters. The summed E-state index contributed by atoms with van der Waals surface area (Å²) < 4.78 is 33.8. The molecule has 0 aromatic heterocycles. The number of carbonyl (C=O) groups is 1. The van der Waals surface area contributed by atoms with Crippen molar-refractivity contribution < 1.29 is 27.4 Å². The smallest absolute Gasteiger partial charge is 0.319 e. The first-order valence-electron chi connectivity index (χ1n) is 8.45. The van der Waals surface area contributed by atoms with Gasteiger partial charge in [0.25, 0.3) is 0 Å². The van der Waals surface area contributed by atoms with E-state index in [4.69, 9.17) is 0 Å². The van der Waals surface area contributed by atoms with Gasteiger partial charge in [-0.2, -0.15) is 0 Å². The predicted octanol–water partition coefficient (Wildman–Crippen LogP) is 1.72. The Morgan fingerprint density at radius 3 is 1.50 bits per heavy atom. The van der Waals surface area contributed by atoms with Crippen LogP contribution in [0.15, 0.2) is 48.5 Å². The van der Waals surface area contributed by atoms with Gasteiger partial charge in [-0.15, -0.1) is 0 Å². The Morgan fingerprint density at radius 2 is 1.27 bits per heavy atom. The molecule has 2 aromatic rings. The van der Waals surface area contributed by atoms with Crippen LogP contribution in [0.2, 0.25) is 0 Å². The third-order valence-electron chi connectivity index (χ3n) is 2.26. The second kappa shape index (κ2) is 15.3. The summed E-state index contributed by atoms with van der Waals surface area (Å²) in [5.41, 5.74) is 0. The van der Waals surface area contributed by atoms with E-state index >= 15 is 0 Å². The molecule has 0 amide bonds. The van der Waals surface area contributed by atoms with Gasteiger partial charge in [0.15, 0.2) is 0 Å². The van der Waals surface area contributed by atoms with Gasteiger partial charge in [0.1, 0.15) is 15.9 Å². The van der Waals surface area contributed by atoms with Gasteiger partial charge < -0.3 is 14.2 Å². The quantitative estimate of drug-likeness (QED) is 0.642. The van der Waals surface area contributed by atoms with Gasteiger partial charge >= 0.3 is 5.97 Å². The number of fused-ring (bicyclic) bond motifs is 1. The second-order valence-corrected chi connectivity index (χ2v) is 6.76. The molecule has 0 aliphatic rings. The van der Waals surface area contributed by atoms with Crippen LogP contribution in [0, 0.1) is 0 Å². The number of hydrogen-bond donors (Lipinski definition) is 1. The van der Waals surface area contributed by atoms with E-state index in [2.05, 4.69) is 74.4 Å². The van der Waals surface area contributed by atoms with Crippen molar-refractivity contribution in [1.82, 2.24) is 0 Å². The molecule has 2 aromatic carbocycles. The Balaban J connectivity index is 0. The van der Waals surface area contributed by atoms with Crippen LogP contribution in [0.3, 0.4) is 0 Å². The van der Waals surface area contributed by atoms with Crippen molar-refractivity contribution in [3.8, 4) is 0 Å². The van der Waals surface area contributed by atoms with E-state index in [0.717, 1.165) is 0 Å². The third-order valence-corrected chi connectivity index (χ3v) is 2.85. The molecule has 0 bridgehead atoms. The highest BCUT2D eigenvalue weighted by Crippen LogP contribution is 2.11. The molecule has 2 rings (SSSR count). The molecular formula is C19H31NO5S. The van der Waals surface area contributed by atoms with Crippen LogP contribution in [-0.4, -0.2) is 52.4 Å². The third kappa shape index (κ3) is 16.9. The molecule has 26 heavy (non-hydrogen) atoms. The van der Waals surface area contributed by atoms with E-state index in [1.165, 1.54) is 22.6 Å². The second-order valence-electron chi connectivity index (χ2n) is 5.35. The molecule has 0 heterocycles. The maximum Gasteiger partial charge on any atom is 0.319 e. The van der Waals surface area contributed by atoms with Gasteiger partial charge in [-0.1, -0.05) is 62.4 Å². The minimum absolute atomic E-state index is 0.0777. The lowest BCUT2D eigenvalue weighted by molar-refractivity contribution is -0.836. The van der Waals surface area contributed by atoms with E-state index in [9.17, 15) is 17.8 Å². The summed E-state index contributed by atoms with van der Waals surface area (Å²) in [5.74, 6) is -2.08. The minimum Gasteiger partial charge on any atom is -0.748 e. The monoisotopic (exact) mass is 385 g/mol. The van der Waals surface area contributed by atoms with Crippen molar-refractivity contribution in [2.75, 3.05) is 33.5 Å². The molecule has 0 saturated heterocycles. The number of nitrogens with one attached hydrogen (secondary N) is 1. The summed E-state index contributed by atoms with van der Waals surface area (Å²) in [6.07, 6.45) is 0. The van der Waals surface area contributed by atoms with Crippen LogP contribution in [0.1, 0.15) is 20.8 Å². The first-order chi connectivity index (χ1) is 12.2. The molecule has 148 valence electrons. The summed E-state index contributed by atoms with van der Waals surface area (Å²) in [6.45, 7) is 5.60. The summed E-state index contributed by atoms with van der Waals surface area (Å²) in [6, 6.07) is 16.7. The molecular weight excluding hydrogens is 354 g/mol. The van der Waals surface area contributed by atoms with Crippen LogP contribution in [0.4, 0.5) is 0 Å². The SMILES string of the molecule is CC.CCOC(=O)CS(=O)(=O)[O-].C[NH+](C)C.c1ccc2ccccc2c1. The van der Waals surface area contributed by atoms with Crippen LogP contribution in [0.5, 0.6) is 0 Å². The van der Waals surface area contributed by atoms with E-state index < -0.39 is 21.8 Å². The van der Waals surface area contributed by atoms with Gasteiger partial charge in [0, 0.05) is 0 Å². The fourth-order valence-corrected chi connectivity index (χ4v) is 1.85. The van der Waals surface area contributed by atoms with Gasteiger partial charge in [0.2, 0.25) is 0 Å². The fraction of sp³-hybridized carbons (Fsp3) is 0.421. The minimum atomic E-state index is -4.47. The van der Waals surface area contributed by atoms with E-state index in [-0.39, 0.29) is 6.61 Å². The highest BCUT2D eigenvalue weighted by atomic mass is 32.2. The zero-order chi connectivity index (χ0) is 20.6. The largest absolute Gasteiger partial charge is 0.748 e. The van der Waals surface area contributed by atoms with Crippen molar-refractivity contribution >= 4 is 26.9 Å². The van der Waals surface area contributed by atoms with Crippen molar-refractivity contribution in [1.29, 1.82) is 0 Å². The Hall–Kier alpha value is -1.96. The number of benzene rings is 2. The zero-order valence-corrected chi connectivity index (χ0v) is 17.3. The number of carbonyl (C=O) groups excluding carboxylic acids is 1. The lowest BCUT2D eigenvalue weighted by Crippen LogP contribution is -3.02. The lowest BCUT2D eigenvalue weighted by Gasteiger charge is -2.04. The van der Waals surface area contributed by atoms with Crippen molar-refractivity contribution in [2.24, 2.45) is 0 Å².